The minimum atomic E-state index is -0.363. The van der Waals surface area contributed by atoms with Crippen LogP contribution in [0.15, 0.2) is 24.3 Å². The van der Waals surface area contributed by atoms with Gasteiger partial charge in [-0.25, -0.2) is 0 Å². The van der Waals surface area contributed by atoms with Crippen LogP contribution in [0.4, 0.5) is 0 Å². The van der Waals surface area contributed by atoms with Crippen molar-refractivity contribution < 1.29 is 61.0 Å². The zero-order valence-electron chi connectivity index (χ0n) is 7.65. The zero-order valence-corrected chi connectivity index (χ0v) is 10.8. The van der Waals surface area contributed by atoms with Crippen LogP contribution in [-0.4, -0.2) is 19.2 Å². The van der Waals surface area contributed by atoms with E-state index in [0.29, 0.717) is 17.4 Å². The summed E-state index contributed by atoms with van der Waals surface area (Å²) < 4.78 is 0. The van der Waals surface area contributed by atoms with Crippen LogP contribution >= 0.6 is 0 Å². The summed E-state index contributed by atoms with van der Waals surface area (Å²) in [6.45, 7) is 0. The second kappa shape index (κ2) is 6.45. The summed E-state index contributed by atoms with van der Waals surface area (Å²) in [5.41, 5.74) is 0.739. The molecule has 0 aliphatic rings. The van der Waals surface area contributed by atoms with Gasteiger partial charge >= 0.3 is 51.4 Å². The zero-order chi connectivity index (χ0) is 8.97. The minimum absolute atomic E-state index is 0. The van der Waals surface area contributed by atoms with E-state index in [1.54, 1.807) is 24.3 Å². The minimum Gasteiger partial charge on any atom is -0.652 e. The molecule has 0 aromatic heterocycles. The quantitative estimate of drug-likeness (QED) is 0.438. The first kappa shape index (κ1) is 13.0. The van der Waals surface area contributed by atoms with Crippen LogP contribution in [0.1, 0.15) is 20.7 Å². The van der Waals surface area contributed by atoms with Gasteiger partial charge < -0.3 is 10.1 Å². The van der Waals surface area contributed by atoms with E-state index in [9.17, 15) is 9.59 Å². The average Bonchev–Trinajstić information content (AvgIpc) is 2.16. The molecule has 3 nitrogen and oxygen atoms in total. The number of rotatable bonds is 2. The van der Waals surface area contributed by atoms with Crippen LogP contribution in [0, 0.1) is 0 Å². The Balaban J connectivity index is 0.00000144. The van der Waals surface area contributed by atoms with E-state index in [1.165, 1.54) is 7.05 Å². The van der Waals surface area contributed by atoms with Gasteiger partial charge in [-0.3, -0.25) is 4.79 Å². The van der Waals surface area contributed by atoms with Crippen molar-refractivity contribution in [3.05, 3.63) is 40.7 Å². The van der Waals surface area contributed by atoms with Crippen LogP contribution < -0.4 is 51.4 Å². The fourth-order valence-corrected chi connectivity index (χ4v) is 0.915. The molecular weight excluding hydrogens is 193 g/mol. The number of aldehydes is 1. The average molecular weight is 201 g/mol. The van der Waals surface area contributed by atoms with Crippen molar-refractivity contribution in [1.82, 2.24) is 0 Å². The molecule has 0 aliphatic carbocycles. The summed E-state index contributed by atoms with van der Waals surface area (Å²) in [5, 5.41) is 3.47. The molecule has 0 aliphatic heterocycles. The fraction of sp³-hybridized carbons (Fsp3) is 0.111. The number of hydrogen-bond donors (Lipinski definition) is 0. The van der Waals surface area contributed by atoms with E-state index in [2.05, 4.69) is 5.32 Å². The van der Waals surface area contributed by atoms with E-state index < -0.39 is 0 Å². The molecule has 0 atom stereocenters. The summed E-state index contributed by atoms with van der Waals surface area (Å²) in [5.74, 6) is -0.363. The molecule has 1 aromatic carbocycles. The second-order valence-corrected chi connectivity index (χ2v) is 2.23. The van der Waals surface area contributed by atoms with Crippen molar-refractivity contribution in [3.63, 3.8) is 0 Å². The van der Waals surface area contributed by atoms with Gasteiger partial charge in [0.05, 0.1) is 5.91 Å². The van der Waals surface area contributed by atoms with Gasteiger partial charge in [-0.15, -0.1) is 7.05 Å². The van der Waals surface area contributed by atoms with Gasteiger partial charge in [0.2, 0.25) is 0 Å². The molecule has 1 aromatic rings. The Morgan fingerprint density at radius 3 is 2.54 bits per heavy atom. The van der Waals surface area contributed by atoms with Crippen molar-refractivity contribution in [3.8, 4) is 0 Å². The van der Waals surface area contributed by atoms with Crippen LogP contribution in [-0.2, 0) is 0 Å². The van der Waals surface area contributed by atoms with Crippen molar-refractivity contribution in [2.75, 3.05) is 7.05 Å². The fourth-order valence-electron chi connectivity index (χ4n) is 0.915. The predicted octanol–water partition coefficient (Wildman–Crippen LogP) is -1.35. The molecule has 0 bridgehead atoms. The number of nitrogens with zero attached hydrogens (tertiary/aromatic N) is 1. The first-order chi connectivity index (χ1) is 5.79. The van der Waals surface area contributed by atoms with Gasteiger partial charge in [-0.2, -0.15) is 0 Å². The van der Waals surface area contributed by atoms with Gasteiger partial charge in [0, 0.05) is 11.1 Å². The van der Waals surface area contributed by atoms with Gasteiger partial charge in [-0.05, 0) is 0 Å². The van der Waals surface area contributed by atoms with Gasteiger partial charge in [0.25, 0.3) is 0 Å². The maximum absolute atomic E-state index is 11.1. The molecular formula is C9H8KNO2. The molecule has 0 saturated heterocycles. The smallest absolute Gasteiger partial charge is 0.652 e. The monoisotopic (exact) mass is 201 g/mol. The molecule has 0 saturated carbocycles. The summed E-state index contributed by atoms with van der Waals surface area (Å²) in [4.78, 5) is 21.5. The summed E-state index contributed by atoms with van der Waals surface area (Å²) in [6.07, 6.45) is 0.651. The number of carbonyl (C=O) groups is 2. The Morgan fingerprint density at radius 1 is 1.38 bits per heavy atom. The first-order valence-corrected chi connectivity index (χ1v) is 3.48. The molecule has 1 amide bonds. The number of carbonyl (C=O) groups excluding carboxylic acids is 2. The van der Waals surface area contributed by atoms with Gasteiger partial charge in [0.15, 0.2) is 6.29 Å². The molecule has 13 heavy (non-hydrogen) atoms. The third kappa shape index (κ3) is 3.32. The maximum Gasteiger partial charge on any atom is 1.00 e. The van der Waals surface area contributed by atoms with E-state index in [1.807, 2.05) is 0 Å². The Morgan fingerprint density at radius 2 is 2.00 bits per heavy atom. The molecule has 0 radical (unpaired) electrons. The van der Waals surface area contributed by atoms with Crippen LogP contribution in [0.3, 0.4) is 0 Å². The van der Waals surface area contributed by atoms with Crippen molar-refractivity contribution in [1.29, 1.82) is 0 Å². The van der Waals surface area contributed by atoms with E-state index in [-0.39, 0.29) is 57.3 Å². The Kier molecular flexibility index (Phi) is 6.45. The first-order valence-electron chi connectivity index (χ1n) is 3.48. The summed E-state index contributed by atoms with van der Waals surface area (Å²) >= 11 is 0. The van der Waals surface area contributed by atoms with Crippen molar-refractivity contribution in [2.24, 2.45) is 0 Å². The van der Waals surface area contributed by atoms with Gasteiger partial charge in [-0.1, -0.05) is 24.3 Å². The molecule has 0 N–H and O–H groups in total. The van der Waals surface area contributed by atoms with Crippen molar-refractivity contribution in [2.45, 2.75) is 0 Å². The normalized spacial score (nSPS) is 8.38. The maximum atomic E-state index is 11.1. The Bertz CT molecular complexity index is 312. The second-order valence-electron chi connectivity index (χ2n) is 2.23. The van der Waals surface area contributed by atoms with Crippen molar-refractivity contribution >= 4 is 12.2 Å². The Hall–Kier alpha value is -0.00364. The molecule has 1 rings (SSSR count). The van der Waals surface area contributed by atoms with Crippen LogP contribution in [0.2, 0.25) is 0 Å². The van der Waals surface area contributed by atoms with Crippen LogP contribution in [0.5, 0.6) is 0 Å². The molecule has 0 fully saturated rings. The number of amides is 1. The largest absolute Gasteiger partial charge is 1.00 e. The molecule has 62 valence electrons. The molecule has 4 heteroatoms. The van der Waals surface area contributed by atoms with Crippen LogP contribution in [0.25, 0.3) is 5.32 Å². The van der Waals surface area contributed by atoms with E-state index in [4.69, 9.17) is 0 Å². The third-order valence-corrected chi connectivity index (χ3v) is 1.52. The summed E-state index contributed by atoms with van der Waals surface area (Å²) in [6, 6.07) is 6.58. The predicted molar refractivity (Wildman–Crippen MR) is 45.4 cm³/mol. The standard InChI is InChI=1S/C9H9NO2.K/c1-10-9(12)8-5-3-2-4-7(8)6-11;/h2-6H,1H3,(H,10,12);/q;+1/p-1. The number of benzene rings is 1. The summed E-state index contributed by atoms with van der Waals surface area (Å²) in [7, 11) is 1.41. The van der Waals surface area contributed by atoms with Gasteiger partial charge in [0.1, 0.15) is 0 Å². The third-order valence-electron chi connectivity index (χ3n) is 1.52. The van der Waals surface area contributed by atoms with E-state index >= 15 is 0 Å². The molecule has 0 unspecified atom stereocenters. The SMILES string of the molecule is C[N-]C(=O)c1ccccc1C=O.[K+]. The molecule has 0 spiro atoms. The Labute approximate surface area is 119 Å². The topological polar surface area (TPSA) is 48.2 Å². The molecule has 0 heterocycles. The van der Waals surface area contributed by atoms with E-state index in [0.717, 1.165) is 0 Å². The number of hydrogen-bond acceptors (Lipinski definition) is 2.